The number of anilines is 3. The Hall–Kier alpha value is -1.86. The normalized spacial score (nSPS) is 9.92. The zero-order valence-corrected chi connectivity index (χ0v) is 16.1. The fourth-order valence-corrected chi connectivity index (χ4v) is 2.53. The van der Waals surface area contributed by atoms with Crippen LogP contribution in [0.25, 0.3) is 0 Å². The summed E-state index contributed by atoms with van der Waals surface area (Å²) in [5.41, 5.74) is 3.13. The molecule has 0 unspecified atom stereocenters. The number of benzene rings is 2. The molecule has 0 aliphatic heterocycles. The Kier molecular flexibility index (Phi) is 6.81. The lowest BCUT2D eigenvalue weighted by Crippen LogP contribution is -2.06. The van der Waals surface area contributed by atoms with Gasteiger partial charge in [0.25, 0.3) is 0 Å². The van der Waals surface area contributed by atoms with E-state index < -0.39 is 0 Å². The SMILES string of the molecule is Cc1cc(Nc2ccc(I)cc2)nc(NCc2ccccc2)n1.Cl. The lowest BCUT2D eigenvalue weighted by atomic mass is 10.2. The van der Waals surface area contributed by atoms with Crippen molar-refractivity contribution >= 4 is 52.5 Å². The molecule has 0 bridgehead atoms. The second kappa shape index (κ2) is 8.84. The number of halogens is 2. The van der Waals surface area contributed by atoms with Gasteiger partial charge in [0.15, 0.2) is 0 Å². The molecule has 4 nitrogen and oxygen atoms in total. The minimum absolute atomic E-state index is 0. The molecule has 2 N–H and O–H groups in total. The summed E-state index contributed by atoms with van der Waals surface area (Å²) < 4.78 is 1.21. The van der Waals surface area contributed by atoms with Gasteiger partial charge in [-0.1, -0.05) is 30.3 Å². The predicted octanol–water partition coefficient (Wildman–Crippen LogP) is 5.17. The number of hydrogen-bond acceptors (Lipinski definition) is 4. The van der Waals surface area contributed by atoms with Crippen LogP contribution in [0.5, 0.6) is 0 Å². The molecule has 0 aliphatic rings. The van der Waals surface area contributed by atoms with Crippen LogP contribution >= 0.6 is 35.0 Å². The lowest BCUT2D eigenvalue weighted by molar-refractivity contribution is 1.03. The Morgan fingerprint density at radius 3 is 2.38 bits per heavy atom. The molecule has 3 rings (SSSR count). The average Bonchev–Trinajstić information content (AvgIpc) is 2.56. The molecule has 1 heterocycles. The summed E-state index contributed by atoms with van der Waals surface area (Å²) in [6.45, 7) is 2.67. The Morgan fingerprint density at radius 2 is 1.67 bits per heavy atom. The van der Waals surface area contributed by atoms with Crippen molar-refractivity contribution in [2.24, 2.45) is 0 Å². The third kappa shape index (κ3) is 5.35. The van der Waals surface area contributed by atoms with Gasteiger partial charge < -0.3 is 10.6 Å². The van der Waals surface area contributed by atoms with Crippen LogP contribution < -0.4 is 10.6 Å². The fraction of sp³-hybridized carbons (Fsp3) is 0.111. The highest BCUT2D eigenvalue weighted by Gasteiger charge is 2.03. The molecule has 1 aromatic heterocycles. The van der Waals surface area contributed by atoms with Gasteiger partial charge in [0, 0.05) is 27.6 Å². The first-order valence-corrected chi connectivity index (χ1v) is 8.43. The number of nitrogens with one attached hydrogen (secondary N) is 2. The van der Waals surface area contributed by atoms with Gasteiger partial charge in [-0.05, 0) is 59.3 Å². The van der Waals surface area contributed by atoms with Crippen molar-refractivity contribution in [3.05, 3.63) is 75.5 Å². The highest BCUT2D eigenvalue weighted by Crippen LogP contribution is 2.18. The number of rotatable bonds is 5. The minimum atomic E-state index is 0. The molecule has 0 aliphatic carbocycles. The van der Waals surface area contributed by atoms with Gasteiger partial charge in [0.1, 0.15) is 5.82 Å². The minimum Gasteiger partial charge on any atom is -0.350 e. The fourth-order valence-electron chi connectivity index (χ4n) is 2.17. The molecule has 0 radical (unpaired) electrons. The summed E-state index contributed by atoms with van der Waals surface area (Å²) in [4.78, 5) is 8.97. The maximum Gasteiger partial charge on any atom is 0.225 e. The molecule has 0 saturated carbocycles. The summed E-state index contributed by atoms with van der Waals surface area (Å²) >= 11 is 2.29. The average molecular weight is 453 g/mol. The predicted molar refractivity (Wildman–Crippen MR) is 110 cm³/mol. The Labute approximate surface area is 161 Å². The van der Waals surface area contributed by atoms with E-state index in [0.717, 1.165) is 17.2 Å². The van der Waals surface area contributed by atoms with Crippen molar-refractivity contribution in [1.29, 1.82) is 0 Å². The van der Waals surface area contributed by atoms with Crippen LogP contribution in [0, 0.1) is 10.5 Å². The van der Waals surface area contributed by atoms with Gasteiger partial charge in [-0.2, -0.15) is 4.98 Å². The van der Waals surface area contributed by atoms with Gasteiger partial charge >= 0.3 is 0 Å². The molecule has 0 atom stereocenters. The zero-order valence-electron chi connectivity index (χ0n) is 13.2. The smallest absolute Gasteiger partial charge is 0.225 e. The first-order chi connectivity index (χ1) is 11.2. The van der Waals surface area contributed by atoms with E-state index in [9.17, 15) is 0 Å². The summed E-state index contributed by atoms with van der Waals surface area (Å²) in [6.07, 6.45) is 0. The standard InChI is InChI=1S/C18H17IN4.ClH/c1-13-11-17(22-16-9-7-15(19)8-10-16)23-18(21-13)20-12-14-5-3-2-4-6-14;/h2-11H,12H2,1H3,(H2,20,21,22,23);1H. The quantitative estimate of drug-likeness (QED) is 0.525. The number of aromatic nitrogens is 2. The lowest BCUT2D eigenvalue weighted by Gasteiger charge is -2.10. The summed E-state index contributed by atoms with van der Waals surface area (Å²) in [5.74, 6) is 1.41. The topological polar surface area (TPSA) is 49.8 Å². The van der Waals surface area contributed by atoms with Crippen LogP contribution in [0.4, 0.5) is 17.5 Å². The maximum absolute atomic E-state index is 4.53. The van der Waals surface area contributed by atoms with Gasteiger partial charge in [0.05, 0.1) is 0 Å². The number of aryl methyl sites for hydroxylation is 1. The summed E-state index contributed by atoms with van der Waals surface area (Å²) in [7, 11) is 0. The van der Waals surface area contributed by atoms with Gasteiger partial charge in [0.2, 0.25) is 5.95 Å². The molecule has 0 saturated heterocycles. The molecule has 6 heteroatoms. The van der Waals surface area contributed by atoms with E-state index in [0.29, 0.717) is 12.5 Å². The highest BCUT2D eigenvalue weighted by molar-refractivity contribution is 14.1. The molecule has 24 heavy (non-hydrogen) atoms. The van der Waals surface area contributed by atoms with Crippen molar-refractivity contribution in [1.82, 2.24) is 9.97 Å². The Morgan fingerprint density at radius 1 is 0.958 bits per heavy atom. The third-order valence-electron chi connectivity index (χ3n) is 3.26. The Balaban J connectivity index is 0.00000208. The van der Waals surface area contributed by atoms with Crippen LogP contribution in [0.1, 0.15) is 11.3 Å². The van der Waals surface area contributed by atoms with Crippen molar-refractivity contribution in [3.8, 4) is 0 Å². The molecule has 2 aromatic carbocycles. The van der Waals surface area contributed by atoms with Crippen molar-refractivity contribution < 1.29 is 0 Å². The molecule has 0 fully saturated rings. The first kappa shape index (κ1) is 18.5. The zero-order chi connectivity index (χ0) is 16.1. The molecule has 124 valence electrons. The van der Waals surface area contributed by atoms with Crippen LogP contribution in [-0.4, -0.2) is 9.97 Å². The molecule has 3 aromatic rings. The summed E-state index contributed by atoms with van der Waals surface area (Å²) in [6, 6.07) is 20.3. The van der Waals surface area contributed by atoms with Crippen LogP contribution in [-0.2, 0) is 6.54 Å². The number of nitrogens with zero attached hydrogens (tertiary/aromatic N) is 2. The van der Waals surface area contributed by atoms with Crippen LogP contribution in [0.3, 0.4) is 0 Å². The van der Waals surface area contributed by atoms with E-state index in [2.05, 4.69) is 67.5 Å². The highest BCUT2D eigenvalue weighted by atomic mass is 127. The van der Waals surface area contributed by atoms with E-state index in [-0.39, 0.29) is 12.4 Å². The van der Waals surface area contributed by atoms with Crippen LogP contribution in [0.15, 0.2) is 60.7 Å². The van der Waals surface area contributed by atoms with Crippen molar-refractivity contribution in [3.63, 3.8) is 0 Å². The van der Waals surface area contributed by atoms with E-state index in [4.69, 9.17) is 0 Å². The monoisotopic (exact) mass is 452 g/mol. The van der Waals surface area contributed by atoms with E-state index in [1.807, 2.05) is 43.3 Å². The molecule has 0 amide bonds. The van der Waals surface area contributed by atoms with Crippen molar-refractivity contribution in [2.75, 3.05) is 10.6 Å². The van der Waals surface area contributed by atoms with E-state index in [1.165, 1.54) is 9.13 Å². The Bertz CT molecular complexity index is 779. The maximum atomic E-state index is 4.53. The number of hydrogen-bond donors (Lipinski definition) is 2. The van der Waals surface area contributed by atoms with Gasteiger partial charge in [-0.3, -0.25) is 0 Å². The van der Waals surface area contributed by atoms with E-state index >= 15 is 0 Å². The second-order valence-electron chi connectivity index (χ2n) is 5.19. The van der Waals surface area contributed by atoms with E-state index in [1.54, 1.807) is 0 Å². The largest absolute Gasteiger partial charge is 0.350 e. The van der Waals surface area contributed by atoms with Gasteiger partial charge in [-0.25, -0.2) is 4.98 Å². The first-order valence-electron chi connectivity index (χ1n) is 7.35. The summed E-state index contributed by atoms with van der Waals surface area (Å²) in [5, 5.41) is 6.59. The molecule has 0 spiro atoms. The molecular formula is C18H18ClIN4. The van der Waals surface area contributed by atoms with Crippen molar-refractivity contribution in [2.45, 2.75) is 13.5 Å². The van der Waals surface area contributed by atoms with Gasteiger partial charge in [-0.15, -0.1) is 12.4 Å². The third-order valence-corrected chi connectivity index (χ3v) is 3.98. The second-order valence-corrected chi connectivity index (χ2v) is 6.43. The molecular weight excluding hydrogens is 435 g/mol. The van der Waals surface area contributed by atoms with Crippen LogP contribution in [0.2, 0.25) is 0 Å².